The van der Waals surface area contributed by atoms with E-state index < -0.39 is 0 Å². The van der Waals surface area contributed by atoms with Crippen LogP contribution in [0.15, 0.2) is 6.20 Å². The Morgan fingerprint density at radius 1 is 1.73 bits per heavy atom. The third kappa shape index (κ3) is 1.05. The van der Waals surface area contributed by atoms with E-state index in [9.17, 15) is 5.11 Å². The van der Waals surface area contributed by atoms with Crippen LogP contribution in [0.3, 0.4) is 0 Å². The van der Waals surface area contributed by atoms with E-state index in [1.54, 1.807) is 0 Å². The average Bonchev–Trinajstić information content (AvgIpc) is 2.32. The SMILES string of the molecule is Cc1cnn2c1CC[C@H](O)C2. The van der Waals surface area contributed by atoms with Gasteiger partial charge in [-0.05, 0) is 25.3 Å². The number of aromatic nitrogens is 2. The molecule has 1 N–H and O–H groups in total. The lowest BCUT2D eigenvalue weighted by molar-refractivity contribution is 0.125. The molecule has 0 radical (unpaired) electrons. The van der Waals surface area contributed by atoms with Gasteiger partial charge in [0, 0.05) is 5.69 Å². The van der Waals surface area contributed by atoms with Crippen LogP contribution in [-0.2, 0) is 13.0 Å². The average molecular weight is 152 g/mol. The quantitative estimate of drug-likeness (QED) is 0.587. The summed E-state index contributed by atoms with van der Waals surface area (Å²) in [6.07, 6.45) is 3.52. The molecule has 11 heavy (non-hydrogen) atoms. The van der Waals surface area contributed by atoms with Crippen molar-refractivity contribution in [2.45, 2.75) is 32.4 Å². The smallest absolute Gasteiger partial charge is 0.0739 e. The van der Waals surface area contributed by atoms with Crippen LogP contribution in [0.4, 0.5) is 0 Å². The van der Waals surface area contributed by atoms with Gasteiger partial charge in [-0.2, -0.15) is 5.10 Å². The maximum absolute atomic E-state index is 9.30. The summed E-state index contributed by atoms with van der Waals surface area (Å²) in [6, 6.07) is 0. The Morgan fingerprint density at radius 3 is 3.36 bits per heavy atom. The number of aliphatic hydroxyl groups is 1. The highest BCUT2D eigenvalue weighted by atomic mass is 16.3. The highest BCUT2D eigenvalue weighted by molar-refractivity contribution is 5.17. The first-order valence-corrected chi connectivity index (χ1v) is 3.96. The highest BCUT2D eigenvalue weighted by Gasteiger charge is 2.17. The van der Waals surface area contributed by atoms with Crippen molar-refractivity contribution >= 4 is 0 Å². The monoisotopic (exact) mass is 152 g/mol. The zero-order chi connectivity index (χ0) is 7.84. The van der Waals surface area contributed by atoms with E-state index in [1.807, 2.05) is 10.9 Å². The second-order valence-electron chi connectivity index (χ2n) is 3.15. The summed E-state index contributed by atoms with van der Waals surface area (Å²) in [4.78, 5) is 0. The number of rotatable bonds is 0. The molecule has 0 fully saturated rings. The fraction of sp³-hybridized carbons (Fsp3) is 0.625. The van der Waals surface area contributed by atoms with Crippen molar-refractivity contribution < 1.29 is 5.11 Å². The lowest BCUT2D eigenvalue weighted by atomic mass is 10.1. The molecule has 0 aliphatic carbocycles. The zero-order valence-electron chi connectivity index (χ0n) is 6.62. The molecule has 0 bridgehead atoms. The van der Waals surface area contributed by atoms with Crippen molar-refractivity contribution in [3.63, 3.8) is 0 Å². The van der Waals surface area contributed by atoms with E-state index in [-0.39, 0.29) is 6.10 Å². The van der Waals surface area contributed by atoms with E-state index in [0.29, 0.717) is 6.54 Å². The third-order valence-corrected chi connectivity index (χ3v) is 2.26. The molecule has 1 aliphatic heterocycles. The highest BCUT2D eigenvalue weighted by Crippen LogP contribution is 2.16. The molecule has 0 saturated carbocycles. The summed E-state index contributed by atoms with van der Waals surface area (Å²) in [6.45, 7) is 2.74. The van der Waals surface area contributed by atoms with Crippen molar-refractivity contribution in [1.82, 2.24) is 9.78 Å². The van der Waals surface area contributed by atoms with Gasteiger partial charge in [-0.25, -0.2) is 0 Å². The van der Waals surface area contributed by atoms with Crippen LogP contribution in [-0.4, -0.2) is 21.0 Å². The second kappa shape index (κ2) is 2.34. The van der Waals surface area contributed by atoms with Crippen molar-refractivity contribution in [3.8, 4) is 0 Å². The molecule has 0 aromatic carbocycles. The van der Waals surface area contributed by atoms with Crippen molar-refractivity contribution in [2.24, 2.45) is 0 Å². The topological polar surface area (TPSA) is 38.0 Å². The predicted octanol–water partition coefficient (Wildman–Crippen LogP) is 0.499. The molecule has 1 aromatic heterocycles. The normalized spacial score (nSPS) is 23.3. The van der Waals surface area contributed by atoms with Gasteiger partial charge < -0.3 is 5.11 Å². The molecular weight excluding hydrogens is 140 g/mol. The molecule has 0 unspecified atom stereocenters. The number of aryl methyl sites for hydroxylation is 1. The maximum atomic E-state index is 9.30. The molecule has 1 aliphatic rings. The fourth-order valence-corrected chi connectivity index (χ4v) is 1.58. The van der Waals surface area contributed by atoms with E-state index in [1.165, 1.54) is 11.3 Å². The van der Waals surface area contributed by atoms with Gasteiger partial charge >= 0.3 is 0 Å². The van der Waals surface area contributed by atoms with Crippen LogP contribution in [0.5, 0.6) is 0 Å². The number of nitrogens with zero attached hydrogens (tertiary/aromatic N) is 2. The van der Waals surface area contributed by atoms with Gasteiger partial charge in [0.2, 0.25) is 0 Å². The molecule has 3 heteroatoms. The zero-order valence-corrected chi connectivity index (χ0v) is 6.62. The van der Waals surface area contributed by atoms with Crippen LogP contribution >= 0.6 is 0 Å². The molecule has 60 valence electrons. The van der Waals surface area contributed by atoms with Gasteiger partial charge in [0.25, 0.3) is 0 Å². The molecule has 1 atom stereocenters. The molecule has 2 rings (SSSR count). The summed E-state index contributed by atoms with van der Waals surface area (Å²) < 4.78 is 1.91. The van der Waals surface area contributed by atoms with Gasteiger partial charge in [0.1, 0.15) is 0 Å². The lowest BCUT2D eigenvalue weighted by Gasteiger charge is -2.19. The van der Waals surface area contributed by atoms with Crippen molar-refractivity contribution in [1.29, 1.82) is 0 Å². The van der Waals surface area contributed by atoms with Crippen LogP contribution in [0.2, 0.25) is 0 Å². The Balaban J connectivity index is 2.36. The van der Waals surface area contributed by atoms with Crippen molar-refractivity contribution in [3.05, 3.63) is 17.5 Å². The summed E-state index contributed by atoms with van der Waals surface area (Å²) in [5, 5.41) is 13.5. The molecule has 0 saturated heterocycles. The first-order valence-electron chi connectivity index (χ1n) is 3.96. The van der Waals surface area contributed by atoms with Crippen LogP contribution in [0, 0.1) is 6.92 Å². The van der Waals surface area contributed by atoms with E-state index in [2.05, 4.69) is 12.0 Å². The Bertz CT molecular complexity index is 267. The Kier molecular flexibility index (Phi) is 1.46. The number of aliphatic hydroxyl groups excluding tert-OH is 1. The molecule has 0 amide bonds. The van der Waals surface area contributed by atoms with Crippen LogP contribution in [0.1, 0.15) is 17.7 Å². The first-order chi connectivity index (χ1) is 5.27. The standard InChI is InChI=1S/C8H12N2O/c1-6-4-9-10-5-7(11)2-3-8(6)10/h4,7,11H,2-3,5H2,1H3/t7-/m0/s1. The molecule has 1 aromatic rings. The van der Waals surface area contributed by atoms with E-state index in [4.69, 9.17) is 0 Å². The van der Waals surface area contributed by atoms with E-state index >= 15 is 0 Å². The van der Waals surface area contributed by atoms with Crippen LogP contribution < -0.4 is 0 Å². The molecular formula is C8H12N2O. The summed E-state index contributed by atoms with van der Waals surface area (Å²) >= 11 is 0. The second-order valence-corrected chi connectivity index (χ2v) is 3.15. The van der Waals surface area contributed by atoms with Crippen LogP contribution in [0.25, 0.3) is 0 Å². The first kappa shape index (κ1) is 6.85. The van der Waals surface area contributed by atoms with Gasteiger partial charge in [-0.15, -0.1) is 0 Å². The van der Waals surface area contributed by atoms with Gasteiger partial charge in [0.15, 0.2) is 0 Å². The van der Waals surface area contributed by atoms with Gasteiger partial charge in [-0.1, -0.05) is 0 Å². The Labute approximate surface area is 65.7 Å². The number of hydrogen-bond donors (Lipinski definition) is 1. The minimum absolute atomic E-state index is 0.193. The number of hydrogen-bond acceptors (Lipinski definition) is 2. The van der Waals surface area contributed by atoms with Gasteiger partial charge in [0.05, 0.1) is 18.8 Å². The summed E-state index contributed by atoms with van der Waals surface area (Å²) in [7, 11) is 0. The minimum atomic E-state index is -0.193. The third-order valence-electron chi connectivity index (χ3n) is 2.26. The lowest BCUT2D eigenvalue weighted by Crippen LogP contribution is -2.24. The van der Waals surface area contributed by atoms with Gasteiger partial charge in [-0.3, -0.25) is 4.68 Å². The Morgan fingerprint density at radius 2 is 2.55 bits per heavy atom. The van der Waals surface area contributed by atoms with E-state index in [0.717, 1.165) is 12.8 Å². The largest absolute Gasteiger partial charge is 0.391 e. The molecule has 0 spiro atoms. The Hall–Kier alpha value is -0.830. The maximum Gasteiger partial charge on any atom is 0.0739 e. The number of fused-ring (bicyclic) bond motifs is 1. The summed E-state index contributed by atoms with van der Waals surface area (Å²) in [5.41, 5.74) is 2.53. The summed E-state index contributed by atoms with van der Waals surface area (Å²) in [5.74, 6) is 0. The molecule has 3 nitrogen and oxygen atoms in total. The van der Waals surface area contributed by atoms with Crippen molar-refractivity contribution in [2.75, 3.05) is 0 Å². The minimum Gasteiger partial charge on any atom is -0.391 e. The predicted molar refractivity (Wildman–Crippen MR) is 41.3 cm³/mol. The molecule has 2 heterocycles. The fourth-order valence-electron chi connectivity index (χ4n) is 1.58.